The lowest BCUT2D eigenvalue weighted by atomic mass is 10.0. The number of aromatic amines is 1. The van der Waals surface area contributed by atoms with Crippen LogP contribution in [0.5, 0.6) is 0 Å². The van der Waals surface area contributed by atoms with Crippen molar-refractivity contribution in [1.29, 1.82) is 0 Å². The zero-order valence-electron chi connectivity index (χ0n) is 10.6. The number of benzene rings is 1. The minimum atomic E-state index is -0.578. The van der Waals surface area contributed by atoms with Gasteiger partial charge in [0.05, 0.1) is 16.1 Å². The molecule has 1 aromatic carbocycles. The molecule has 2 aromatic heterocycles. The second kappa shape index (κ2) is 5.06. The molecule has 0 spiro atoms. The number of hydrogen-bond acceptors (Lipinski definition) is 4. The summed E-state index contributed by atoms with van der Waals surface area (Å²) >= 11 is 6.04. The zero-order chi connectivity index (χ0) is 15.0. The number of anilines is 1. The van der Waals surface area contributed by atoms with Gasteiger partial charge >= 0.3 is 0 Å². The van der Waals surface area contributed by atoms with E-state index in [1.54, 1.807) is 0 Å². The molecule has 3 rings (SSSR count). The van der Waals surface area contributed by atoms with Crippen LogP contribution in [0.1, 0.15) is 0 Å². The number of rotatable bonds is 2. The Bertz CT molecular complexity index is 852. The van der Waals surface area contributed by atoms with Crippen molar-refractivity contribution in [2.45, 2.75) is 0 Å². The number of nitrogens with zero attached hydrogens (tertiary/aromatic N) is 1. The fourth-order valence-electron chi connectivity index (χ4n) is 2.07. The summed E-state index contributed by atoms with van der Waals surface area (Å²) in [5.74, 6) is -0.689. The number of hydrogen-bond donors (Lipinski definition) is 2. The van der Waals surface area contributed by atoms with Gasteiger partial charge < -0.3 is 15.2 Å². The lowest BCUT2D eigenvalue weighted by Gasteiger charge is -2.06. The molecule has 0 unspecified atom stereocenters. The number of H-pyrrole nitrogens is 1. The fraction of sp³-hybridized carbons (Fsp3) is 0. The minimum absolute atomic E-state index is 0.0520. The summed E-state index contributed by atoms with van der Waals surface area (Å²) in [6.45, 7) is 0. The molecule has 7 heteroatoms. The Labute approximate surface area is 123 Å². The molecule has 106 valence electrons. The molecule has 0 bridgehead atoms. The van der Waals surface area contributed by atoms with E-state index in [4.69, 9.17) is 21.9 Å². The van der Waals surface area contributed by atoms with E-state index in [1.165, 1.54) is 36.7 Å². The molecule has 0 radical (unpaired) electrons. The van der Waals surface area contributed by atoms with E-state index in [0.29, 0.717) is 0 Å². The van der Waals surface area contributed by atoms with Crippen LogP contribution in [0.4, 0.5) is 10.3 Å². The molecule has 0 amide bonds. The number of aromatic nitrogens is 2. The number of halogens is 2. The highest BCUT2D eigenvalue weighted by atomic mass is 35.5. The second-order valence-electron chi connectivity index (χ2n) is 4.29. The van der Waals surface area contributed by atoms with Crippen molar-refractivity contribution in [2.24, 2.45) is 0 Å². The highest BCUT2D eigenvalue weighted by Gasteiger charge is 2.23. The highest BCUT2D eigenvalue weighted by molar-refractivity contribution is 6.33. The molecular weight excluding hydrogens is 297 g/mol. The molecule has 0 fully saturated rings. The largest absolute Gasteiger partial charge is 0.367 e. The summed E-state index contributed by atoms with van der Waals surface area (Å²) in [6.07, 6.45) is 2.92. The minimum Gasteiger partial charge on any atom is -0.367 e. The Morgan fingerprint density at radius 3 is 2.81 bits per heavy atom. The van der Waals surface area contributed by atoms with Gasteiger partial charge in [-0.3, -0.25) is 4.79 Å². The van der Waals surface area contributed by atoms with Crippen LogP contribution in [0.25, 0.3) is 22.4 Å². The fourth-order valence-corrected chi connectivity index (χ4v) is 2.32. The highest BCUT2D eigenvalue weighted by Crippen LogP contribution is 2.39. The molecule has 0 saturated heterocycles. The number of nitrogen functional groups attached to an aromatic ring is 1. The molecule has 0 aliphatic heterocycles. The monoisotopic (exact) mass is 305 g/mol. The first-order valence-corrected chi connectivity index (χ1v) is 6.34. The van der Waals surface area contributed by atoms with Crippen molar-refractivity contribution >= 4 is 17.5 Å². The van der Waals surface area contributed by atoms with E-state index in [9.17, 15) is 9.18 Å². The third kappa shape index (κ3) is 2.19. The van der Waals surface area contributed by atoms with E-state index < -0.39 is 5.82 Å². The van der Waals surface area contributed by atoms with Crippen LogP contribution in [-0.2, 0) is 0 Å². The maximum atomic E-state index is 14.1. The molecular formula is C14H9ClFN3O2. The first kappa shape index (κ1) is 13.4. The van der Waals surface area contributed by atoms with Gasteiger partial charge in [0.2, 0.25) is 5.88 Å². The van der Waals surface area contributed by atoms with Gasteiger partial charge in [-0.05, 0) is 12.1 Å². The lowest BCUT2D eigenvalue weighted by Crippen LogP contribution is -2.04. The number of nitrogens with two attached hydrogens (primary N) is 1. The van der Waals surface area contributed by atoms with Crippen LogP contribution < -0.4 is 11.2 Å². The Kier molecular flexibility index (Phi) is 3.23. The predicted molar refractivity (Wildman–Crippen MR) is 77.4 cm³/mol. The van der Waals surface area contributed by atoms with Crippen molar-refractivity contribution in [3.63, 3.8) is 0 Å². The molecule has 3 N–H and O–H groups in total. The zero-order valence-corrected chi connectivity index (χ0v) is 11.3. The molecule has 2 heterocycles. The van der Waals surface area contributed by atoms with Crippen molar-refractivity contribution in [1.82, 2.24) is 10.1 Å². The average Bonchev–Trinajstić information content (AvgIpc) is 2.81. The third-order valence-electron chi connectivity index (χ3n) is 3.01. The van der Waals surface area contributed by atoms with Crippen LogP contribution in [0, 0.1) is 5.82 Å². The Hall–Kier alpha value is -2.60. The number of pyridine rings is 1. The van der Waals surface area contributed by atoms with Gasteiger partial charge in [0.15, 0.2) is 5.43 Å². The Morgan fingerprint density at radius 2 is 2.10 bits per heavy atom. The van der Waals surface area contributed by atoms with Gasteiger partial charge in [-0.1, -0.05) is 22.8 Å². The van der Waals surface area contributed by atoms with Crippen molar-refractivity contribution < 1.29 is 8.91 Å². The van der Waals surface area contributed by atoms with Gasteiger partial charge in [-0.25, -0.2) is 4.39 Å². The summed E-state index contributed by atoms with van der Waals surface area (Å²) in [5.41, 5.74) is 6.01. The molecule has 5 nitrogen and oxygen atoms in total. The van der Waals surface area contributed by atoms with Crippen LogP contribution in [0.15, 0.2) is 46.0 Å². The van der Waals surface area contributed by atoms with Gasteiger partial charge in [0, 0.05) is 24.0 Å². The van der Waals surface area contributed by atoms with Crippen molar-refractivity contribution in [3.05, 3.63) is 57.7 Å². The van der Waals surface area contributed by atoms with Crippen molar-refractivity contribution in [2.75, 3.05) is 5.73 Å². The van der Waals surface area contributed by atoms with Crippen molar-refractivity contribution in [3.8, 4) is 22.4 Å². The molecule has 0 aliphatic carbocycles. The van der Waals surface area contributed by atoms with Crippen LogP contribution in [0.2, 0.25) is 5.02 Å². The third-order valence-corrected chi connectivity index (χ3v) is 3.33. The second-order valence-corrected chi connectivity index (χ2v) is 4.70. The lowest BCUT2D eigenvalue weighted by molar-refractivity contribution is 0.439. The maximum Gasteiger partial charge on any atom is 0.230 e. The topological polar surface area (TPSA) is 84.9 Å². The molecule has 3 aromatic rings. The van der Waals surface area contributed by atoms with Gasteiger partial charge in [-0.2, -0.15) is 0 Å². The average molecular weight is 306 g/mol. The van der Waals surface area contributed by atoms with E-state index in [-0.39, 0.29) is 38.7 Å². The summed E-state index contributed by atoms with van der Waals surface area (Å²) in [7, 11) is 0. The van der Waals surface area contributed by atoms with E-state index >= 15 is 0 Å². The SMILES string of the molecule is Nc1onc(-c2c[nH]ccc2=O)c1-c1c(F)cccc1Cl. The number of nitrogens with one attached hydrogen (secondary N) is 1. The molecule has 0 atom stereocenters. The van der Waals surface area contributed by atoms with Crippen LogP contribution in [0.3, 0.4) is 0 Å². The summed E-state index contributed by atoms with van der Waals surface area (Å²) in [4.78, 5) is 14.7. The first-order chi connectivity index (χ1) is 10.1. The van der Waals surface area contributed by atoms with Crippen LogP contribution in [-0.4, -0.2) is 10.1 Å². The normalized spacial score (nSPS) is 10.8. The standard InChI is InChI=1S/C14H9ClFN3O2/c15-8-2-1-3-9(16)11(8)12-13(19-21-14(12)17)7-6-18-5-4-10(7)20/h1-6H,17H2,(H,18,20). The van der Waals surface area contributed by atoms with E-state index in [2.05, 4.69) is 10.1 Å². The molecule has 0 aliphatic rings. The quantitative estimate of drug-likeness (QED) is 0.762. The Morgan fingerprint density at radius 1 is 1.29 bits per heavy atom. The summed E-state index contributed by atoms with van der Waals surface area (Å²) in [6, 6.07) is 5.56. The maximum absolute atomic E-state index is 14.1. The van der Waals surface area contributed by atoms with E-state index in [1.807, 2.05) is 0 Å². The first-order valence-electron chi connectivity index (χ1n) is 5.96. The summed E-state index contributed by atoms with van der Waals surface area (Å²) in [5, 5.41) is 3.91. The molecule has 0 saturated carbocycles. The Balaban J connectivity index is 2.34. The van der Waals surface area contributed by atoms with Gasteiger partial charge in [0.1, 0.15) is 11.5 Å². The smallest absolute Gasteiger partial charge is 0.230 e. The van der Waals surface area contributed by atoms with Gasteiger partial charge in [0.25, 0.3) is 0 Å². The molecule has 21 heavy (non-hydrogen) atoms. The van der Waals surface area contributed by atoms with E-state index in [0.717, 1.165) is 0 Å². The summed E-state index contributed by atoms with van der Waals surface area (Å²) < 4.78 is 19.0. The van der Waals surface area contributed by atoms with Gasteiger partial charge in [-0.15, -0.1) is 0 Å². The predicted octanol–water partition coefficient (Wildman–Crippen LogP) is 3.07. The van der Waals surface area contributed by atoms with Crippen LogP contribution >= 0.6 is 11.6 Å².